The van der Waals surface area contributed by atoms with Crippen molar-refractivity contribution in [3.05, 3.63) is 53.1 Å². The van der Waals surface area contributed by atoms with Crippen molar-refractivity contribution in [1.29, 1.82) is 0 Å². The van der Waals surface area contributed by atoms with Crippen LogP contribution >= 0.6 is 11.6 Å². The molecular formula is C19H18ClNO4. The average Bonchev–Trinajstić information content (AvgIpc) is 3.00. The van der Waals surface area contributed by atoms with Crippen LogP contribution in [0.2, 0.25) is 5.02 Å². The van der Waals surface area contributed by atoms with E-state index in [4.69, 9.17) is 21.1 Å². The van der Waals surface area contributed by atoms with Crippen LogP contribution in [0.25, 0.3) is 0 Å². The summed E-state index contributed by atoms with van der Waals surface area (Å²) in [5, 5.41) is 0.592. The van der Waals surface area contributed by atoms with Gasteiger partial charge in [-0.1, -0.05) is 17.7 Å². The molecule has 0 unspecified atom stereocenters. The Balaban J connectivity index is 1.68. The number of anilines is 1. The molecule has 0 aliphatic carbocycles. The topological polar surface area (TPSA) is 55.8 Å². The van der Waals surface area contributed by atoms with E-state index in [-0.39, 0.29) is 18.9 Å². The van der Waals surface area contributed by atoms with Crippen LogP contribution in [-0.4, -0.2) is 25.5 Å². The summed E-state index contributed by atoms with van der Waals surface area (Å²) in [4.78, 5) is 26.2. The fourth-order valence-corrected chi connectivity index (χ4v) is 2.88. The van der Waals surface area contributed by atoms with Crippen LogP contribution in [-0.2, 0) is 9.59 Å². The lowest BCUT2D eigenvalue weighted by atomic mass is 10.1. The molecule has 5 nitrogen and oxygen atoms in total. The van der Waals surface area contributed by atoms with Gasteiger partial charge in [-0.2, -0.15) is 0 Å². The van der Waals surface area contributed by atoms with Crippen LogP contribution in [0.4, 0.5) is 5.69 Å². The fraction of sp³-hybridized carbons (Fsp3) is 0.263. The molecule has 6 heteroatoms. The predicted molar refractivity (Wildman–Crippen MR) is 95.3 cm³/mol. The van der Waals surface area contributed by atoms with Gasteiger partial charge in [0.2, 0.25) is 5.91 Å². The van der Waals surface area contributed by atoms with Gasteiger partial charge in [-0.15, -0.1) is 0 Å². The smallest absolute Gasteiger partial charge is 0.316 e. The largest absolute Gasteiger partial charge is 0.497 e. The number of methoxy groups -OCH3 is 1. The lowest BCUT2D eigenvalue weighted by molar-refractivity contribution is -0.139. The first-order chi connectivity index (χ1) is 12.0. The molecule has 1 aliphatic heterocycles. The van der Waals surface area contributed by atoms with Gasteiger partial charge in [0.15, 0.2) is 0 Å². The molecule has 1 heterocycles. The molecule has 0 saturated carbocycles. The second-order valence-electron chi connectivity index (χ2n) is 5.94. The van der Waals surface area contributed by atoms with Crippen molar-refractivity contribution in [1.82, 2.24) is 0 Å². The third-order valence-electron chi connectivity index (χ3n) is 4.20. The van der Waals surface area contributed by atoms with Crippen LogP contribution in [0, 0.1) is 12.8 Å². The van der Waals surface area contributed by atoms with Crippen LogP contribution in [0.1, 0.15) is 12.0 Å². The molecule has 1 aliphatic rings. The molecule has 0 aromatic heterocycles. The number of amides is 1. The van der Waals surface area contributed by atoms with E-state index in [0.717, 1.165) is 5.56 Å². The fourth-order valence-electron chi connectivity index (χ4n) is 2.71. The summed E-state index contributed by atoms with van der Waals surface area (Å²) in [6, 6.07) is 12.2. The Labute approximate surface area is 151 Å². The van der Waals surface area contributed by atoms with Crippen molar-refractivity contribution in [2.24, 2.45) is 5.92 Å². The molecule has 1 amide bonds. The number of hydrogen-bond acceptors (Lipinski definition) is 4. The van der Waals surface area contributed by atoms with Gasteiger partial charge in [0.05, 0.1) is 13.0 Å². The Hall–Kier alpha value is -2.53. The monoisotopic (exact) mass is 359 g/mol. The summed E-state index contributed by atoms with van der Waals surface area (Å²) in [6.07, 6.45) is 0.125. The van der Waals surface area contributed by atoms with Crippen molar-refractivity contribution in [3.63, 3.8) is 0 Å². The molecule has 130 valence electrons. The Morgan fingerprint density at radius 1 is 1.16 bits per heavy atom. The summed E-state index contributed by atoms with van der Waals surface area (Å²) in [6.45, 7) is 2.18. The number of carbonyl (C=O) groups excluding carboxylic acids is 2. The zero-order valence-electron chi connectivity index (χ0n) is 14.0. The Bertz CT molecular complexity index is 804. The van der Waals surface area contributed by atoms with Crippen LogP contribution in [0.5, 0.6) is 11.5 Å². The maximum atomic E-state index is 12.4. The molecule has 0 N–H and O–H groups in total. The van der Waals surface area contributed by atoms with E-state index in [9.17, 15) is 9.59 Å². The summed E-state index contributed by atoms with van der Waals surface area (Å²) in [5.74, 6) is 0.0684. The van der Waals surface area contributed by atoms with E-state index < -0.39 is 11.9 Å². The first-order valence-electron chi connectivity index (χ1n) is 7.90. The van der Waals surface area contributed by atoms with Gasteiger partial charge in [0.1, 0.15) is 11.5 Å². The highest BCUT2D eigenvalue weighted by molar-refractivity contribution is 6.31. The molecular weight excluding hydrogens is 342 g/mol. The average molecular weight is 360 g/mol. The molecule has 0 bridgehead atoms. The summed E-state index contributed by atoms with van der Waals surface area (Å²) in [5.41, 5.74) is 1.63. The minimum Gasteiger partial charge on any atom is -0.497 e. The number of ether oxygens (including phenoxy) is 2. The number of aryl methyl sites for hydroxylation is 1. The number of benzene rings is 2. The molecule has 0 radical (unpaired) electrons. The SMILES string of the molecule is COc1ccc(OC(=O)[C@@H]2CC(=O)N(c3ccc(C)c(Cl)c3)C2)cc1. The number of halogens is 1. The van der Waals surface area contributed by atoms with Crippen molar-refractivity contribution in [3.8, 4) is 11.5 Å². The second kappa shape index (κ2) is 7.15. The van der Waals surface area contributed by atoms with Crippen molar-refractivity contribution >= 4 is 29.2 Å². The first-order valence-corrected chi connectivity index (χ1v) is 8.28. The third kappa shape index (κ3) is 3.77. The van der Waals surface area contributed by atoms with Gasteiger partial charge in [-0.05, 0) is 48.9 Å². The number of nitrogens with zero attached hydrogens (tertiary/aromatic N) is 1. The predicted octanol–water partition coefficient (Wildman–Crippen LogP) is 3.62. The molecule has 0 spiro atoms. The van der Waals surface area contributed by atoms with E-state index >= 15 is 0 Å². The quantitative estimate of drug-likeness (QED) is 0.618. The van der Waals surface area contributed by atoms with E-state index in [1.807, 2.05) is 19.1 Å². The van der Waals surface area contributed by atoms with E-state index in [1.54, 1.807) is 42.3 Å². The third-order valence-corrected chi connectivity index (χ3v) is 4.61. The summed E-state index contributed by atoms with van der Waals surface area (Å²) >= 11 is 6.13. The van der Waals surface area contributed by atoms with Crippen LogP contribution < -0.4 is 14.4 Å². The Kier molecular flexibility index (Phi) is 4.95. The normalized spacial score (nSPS) is 16.8. The Morgan fingerprint density at radius 3 is 2.48 bits per heavy atom. The second-order valence-corrected chi connectivity index (χ2v) is 6.34. The lowest BCUT2D eigenvalue weighted by Crippen LogP contribution is -2.27. The van der Waals surface area contributed by atoms with Gasteiger partial charge in [-0.3, -0.25) is 9.59 Å². The highest BCUT2D eigenvalue weighted by Crippen LogP contribution is 2.29. The maximum Gasteiger partial charge on any atom is 0.316 e. The van der Waals surface area contributed by atoms with Crippen LogP contribution in [0.15, 0.2) is 42.5 Å². The molecule has 1 atom stereocenters. The molecule has 3 rings (SSSR count). The van der Waals surface area contributed by atoms with E-state index in [1.165, 1.54) is 0 Å². The highest BCUT2D eigenvalue weighted by atomic mass is 35.5. The van der Waals surface area contributed by atoms with Gasteiger partial charge in [0, 0.05) is 23.7 Å². The maximum absolute atomic E-state index is 12.4. The van der Waals surface area contributed by atoms with Crippen molar-refractivity contribution in [2.75, 3.05) is 18.6 Å². The zero-order chi connectivity index (χ0) is 18.0. The van der Waals surface area contributed by atoms with Gasteiger partial charge >= 0.3 is 5.97 Å². The van der Waals surface area contributed by atoms with E-state index in [0.29, 0.717) is 22.2 Å². The number of carbonyl (C=O) groups is 2. The number of esters is 1. The molecule has 1 saturated heterocycles. The van der Waals surface area contributed by atoms with Gasteiger partial charge in [-0.25, -0.2) is 0 Å². The molecule has 25 heavy (non-hydrogen) atoms. The van der Waals surface area contributed by atoms with Crippen molar-refractivity contribution < 1.29 is 19.1 Å². The van der Waals surface area contributed by atoms with Crippen LogP contribution in [0.3, 0.4) is 0 Å². The minimum atomic E-state index is -0.505. The van der Waals surface area contributed by atoms with E-state index in [2.05, 4.69) is 0 Å². The summed E-state index contributed by atoms with van der Waals surface area (Å²) < 4.78 is 10.4. The first kappa shape index (κ1) is 17.3. The standard InChI is InChI=1S/C19H18ClNO4/c1-12-3-4-14(10-17(12)20)21-11-13(9-18(21)22)19(23)25-16-7-5-15(24-2)6-8-16/h3-8,10,13H,9,11H2,1-2H3/t13-/m1/s1. The zero-order valence-corrected chi connectivity index (χ0v) is 14.7. The Morgan fingerprint density at radius 2 is 1.84 bits per heavy atom. The molecule has 2 aromatic carbocycles. The lowest BCUT2D eigenvalue weighted by Gasteiger charge is -2.17. The van der Waals surface area contributed by atoms with Gasteiger partial charge in [0.25, 0.3) is 0 Å². The van der Waals surface area contributed by atoms with Crippen molar-refractivity contribution in [2.45, 2.75) is 13.3 Å². The number of hydrogen-bond donors (Lipinski definition) is 0. The summed E-state index contributed by atoms with van der Waals surface area (Å²) in [7, 11) is 1.57. The highest BCUT2D eigenvalue weighted by Gasteiger charge is 2.36. The molecule has 1 fully saturated rings. The van der Waals surface area contributed by atoms with Gasteiger partial charge < -0.3 is 14.4 Å². The number of rotatable bonds is 4. The molecule has 2 aromatic rings. The minimum absolute atomic E-state index is 0.114.